The summed E-state index contributed by atoms with van der Waals surface area (Å²) in [6.07, 6.45) is 0. The quantitative estimate of drug-likeness (QED) is 0.510. The lowest BCUT2D eigenvalue weighted by molar-refractivity contribution is 0.696. The average molecular weight is 124 g/mol. The molecule has 0 aliphatic carbocycles. The summed E-state index contributed by atoms with van der Waals surface area (Å²) in [5, 5.41) is 7.44. The van der Waals surface area contributed by atoms with Gasteiger partial charge in [0.1, 0.15) is 0 Å². The van der Waals surface area contributed by atoms with Gasteiger partial charge in [-0.05, 0) is 13.6 Å². The van der Waals surface area contributed by atoms with E-state index in [0.29, 0.717) is 5.82 Å². The first-order chi connectivity index (χ1) is 4.25. The number of hydrogen-bond donors (Lipinski definition) is 0. The Labute approximate surface area is 53.2 Å². The second-order valence-corrected chi connectivity index (χ2v) is 1.78. The standard InChI is InChI=1S/C5H8N4/c1-4-5(6-2)7-8-9(4)3/h2H2,1,3H3. The summed E-state index contributed by atoms with van der Waals surface area (Å²) in [5.74, 6) is 0.609. The van der Waals surface area contributed by atoms with E-state index in [1.807, 2.05) is 14.0 Å². The van der Waals surface area contributed by atoms with Crippen molar-refractivity contribution in [2.24, 2.45) is 12.0 Å². The van der Waals surface area contributed by atoms with E-state index in [1.165, 1.54) is 0 Å². The molecule has 4 nitrogen and oxygen atoms in total. The van der Waals surface area contributed by atoms with E-state index in [1.54, 1.807) is 4.68 Å². The fraction of sp³-hybridized carbons (Fsp3) is 0.400. The molecule has 9 heavy (non-hydrogen) atoms. The van der Waals surface area contributed by atoms with E-state index in [2.05, 4.69) is 22.0 Å². The highest BCUT2D eigenvalue weighted by Crippen LogP contribution is 2.09. The molecule has 0 aromatic carbocycles. The van der Waals surface area contributed by atoms with Crippen molar-refractivity contribution in [1.82, 2.24) is 15.0 Å². The van der Waals surface area contributed by atoms with Gasteiger partial charge in [0.05, 0.1) is 5.69 Å². The van der Waals surface area contributed by atoms with E-state index < -0.39 is 0 Å². The summed E-state index contributed by atoms with van der Waals surface area (Å²) in [5.41, 5.74) is 0.935. The van der Waals surface area contributed by atoms with Crippen LogP contribution in [0.15, 0.2) is 4.99 Å². The van der Waals surface area contributed by atoms with Crippen LogP contribution in [0.1, 0.15) is 5.69 Å². The Morgan fingerprint density at radius 3 is 2.56 bits per heavy atom. The largest absolute Gasteiger partial charge is 0.250 e. The molecule has 0 aliphatic heterocycles. The zero-order chi connectivity index (χ0) is 6.85. The van der Waals surface area contributed by atoms with Gasteiger partial charge in [0.25, 0.3) is 0 Å². The first-order valence-electron chi connectivity index (χ1n) is 2.58. The Morgan fingerprint density at radius 1 is 1.67 bits per heavy atom. The maximum Gasteiger partial charge on any atom is 0.196 e. The monoisotopic (exact) mass is 124 g/mol. The van der Waals surface area contributed by atoms with Crippen molar-refractivity contribution in [1.29, 1.82) is 0 Å². The second-order valence-electron chi connectivity index (χ2n) is 1.78. The molecular weight excluding hydrogens is 116 g/mol. The fourth-order valence-corrected chi connectivity index (χ4v) is 0.540. The van der Waals surface area contributed by atoms with Crippen molar-refractivity contribution >= 4 is 12.5 Å². The predicted octanol–water partition coefficient (Wildman–Crippen LogP) is 0.456. The maximum atomic E-state index is 3.72. The van der Waals surface area contributed by atoms with Gasteiger partial charge < -0.3 is 0 Å². The molecule has 0 amide bonds. The molecule has 0 radical (unpaired) electrons. The lowest BCUT2D eigenvalue weighted by Gasteiger charge is -1.87. The third kappa shape index (κ3) is 0.826. The Bertz CT molecular complexity index is 225. The molecule has 0 spiro atoms. The van der Waals surface area contributed by atoms with Crippen molar-refractivity contribution in [3.63, 3.8) is 0 Å². The lowest BCUT2D eigenvalue weighted by atomic mass is 10.5. The van der Waals surface area contributed by atoms with Crippen molar-refractivity contribution in [3.05, 3.63) is 5.69 Å². The summed E-state index contributed by atoms with van der Waals surface area (Å²) < 4.78 is 1.66. The third-order valence-corrected chi connectivity index (χ3v) is 1.23. The molecule has 1 aromatic rings. The minimum absolute atomic E-state index is 0.609. The SMILES string of the molecule is C=Nc1nnn(C)c1C. The van der Waals surface area contributed by atoms with Crippen molar-refractivity contribution in [2.45, 2.75) is 6.92 Å². The van der Waals surface area contributed by atoms with Crippen LogP contribution in [0.25, 0.3) is 0 Å². The fourth-order valence-electron chi connectivity index (χ4n) is 0.540. The minimum atomic E-state index is 0.609. The van der Waals surface area contributed by atoms with Crippen LogP contribution < -0.4 is 0 Å². The zero-order valence-corrected chi connectivity index (χ0v) is 5.50. The van der Waals surface area contributed by atoms with Crippen LogP contribution in [0.3, 0.4) is 0 Å². The van der Waals surface area contributed by atoms with Crippen LogP contribution in [-0.2, 0) is 7.05 Å². The number of aliphatic imine (C=N–C) groups is 1. The van der Waals surface area contributed by atoms with E-state index in [-0.39, 0.29) is 0 Å². The van der Waals surface area contributed by atoms with Gasteiger partial charge in [-0.25, -0.2) is 4.99 Å². The van der Waals surface area contributed by atoms with E-state index in [9.17, 15) is 0 Å². The molecule has 4 heteroatoms. The number of aryl methyl sites for hydroxylation is 1. The molecule has 48 valence electrons. The number of hydrogen-bond acceptors (Lipinski definition) is 3. The molecule has 0 saturated carbocycles. The van der Waals surface area contributed by atoms with Gasteiger partial charge in [-0.2, -0.15) is 0 Å². The van der Waals surface area contributed by atoms with Gasteiger partial charge >= 0.3 is 0 Å². The molecule has 0 unspecified atom stereocenters. The van der Waals surface area contributed by atoms with Crippen LogP contribution in [0.2, 0.25) is 0 Å². The first kappa shape index (κ1) is 5.94. The molecule has 1 rings (SSSR count). The van der Waals surface area contributed by atoms with Crippen LogP contribution in [0.4, 0.5) is 5.82 Å². The molecular formula is C5H8N4. The number of aromatic nitrogens is 3. The molecule has 0 N–H and O–H groups in total. The van der Waals surface area contributed by atoms with E-state index >= 15 is 0 Å². The number of nitrogens with zero attached hydrogens (tertiary/aromatic N) is 4. The highest BCUT2D eigenvalue weighted by Gasteiger charge is 1.99. The first-order valence-corrected chi connectivity index (χ1v) is 2.58. The van der Waals surface area contributed by atoms with Gasteiger partial charge in [0, 0.05) is 7.05 Å². The van der Waals surface area contributed by atoms with Gasteiger partial charge in [-0.15, -0.1) is 5.10 Å². The summed E-state index contributed by atoms with van der Waals surface area (Å²) in [6, 6.07) is 0. The maximum absolute atomic E-state index is 3.72. The smallest absolute Gasteiger partial charge is 0.196 e. The average Bonchev–Trinajstić information content (AvgIpc) is 2.15. The van der Waals surface area contributed by atoms with Crippen molar-refractivity contribution in [3.8, 4) is 0 Å². The summed E-state index contributed by atoms with van der Waals surface area (Å²) in [7, 11) is 1.82. The number of rotatable bonds is 1. The summed E-state index contributed by atoms with van der Waals surface area (Å²) in [6.45, 7) is 5.23. The molecule has 0 atom stereocenters. The normalized spacial score (nSPS) is 9.56. The third-order valence-electron chi connectivity index (χ3n) is 1.23. The highest BCUT2D eigenvalue weighted by molar-refractivity contribution is 5.41. The van der Waals surface area contributed by atoms with E-state index in [0.717, 1.165) is 5.69 Å². The van der Waals surface area contributed by atoms with Gasteiger partial charge in [0.2, 0.25) is 0 Å². The molecule has 0 bridgehead atoms. The van der Waals surface area contributed by atoms with Crippen molar-refractivity contribution < 1.29 is 0 Å². The van der Waals surface area contributed by atoms with Gasteiger partial charge in [-0.3, -0.25) is 4.68 Å². The zero-order valence-electron chi connectivity index (χ0n) is 5.50. The Morgan fingerprint density at radius 2 is 2.33 bits per heavy atom. The topological polar surface area (TPSA) is 43.1 Å². The molecule has 0 fully saturated rings. The lowest BCUT2D eigenvalue weighted by Crippen LogP contribution is -1.91. The molecule has 1 heterocycles. The summed E-state index contributed by atoms with van der Waals surface area (Å²) in [4.78, 5) is 3.65. The van der Waals surface area contributed by atoms with Crippen LogP contribution in [0, 0.1) is 6.92 Å². The Balaban J connectivity index is 3.18. The predicted molar refractivity (Wildman–Crippen MR) is 34.9 cm³/mol. The second kappa shape index (κ2) is 1.97. The van der Waals surface area contributed by atoms with E-state index in [4.69, 9.17) is 0 Å². The van der Waals surface area contributed by atoms with Gasteiger partial charge in [0.15, 0.2) is 5.82 Å². The Kier molecular flexibility index (Phi) is 1.30. The highest BCUT2D eigenvalue weighted by atomic mass is 15.4. The Hall–Kier alpha value is -1.19. The van der Waals surface area contributed by atoms with Gasteiger partial charge in [-0.1, -0.05) is 5.21 Å². The van der Waals surface area contributed by atoms with Crippen LogP contribution in [-0.4, -0.2) is 21.7 Å². The molecule has 0 saturated heterocycles. The summed E-state index contributed by atoms with van der Waals surface area (Å²) >= 11 is 0. The van der Waals surface area contributed by atoms with Crippen LogP contribution in [0.5, 0.6) is 0 Å². The minimum Gasteiger partial charge on any atom is -0.250 e. The molecule has 1 aromatic heterocycles. The van der Waals surface area contributed by atoms with Crippen LogP contribution >= 0.6 is 0 Å². The molecule has 0 aliphatic rings. The van der Waals surface area contributed by atoms with Crippen molar-refractivity contribution in [2.75, 3.05) is 0 Å².